The first kappa shape index (κ1) is 11.4. The SMILES string of the molecule is CN(c1cc(Br)cc(C#N)c1)C1CCOC1. The summed E-state index contributed by atoms with van der Waals surface area (Å²) in [7, 11) is 2.04. The van der Waals surface area contributed by atoms with Crippen LogP contribution in [0.1, 0.15) is 12.0 Å². The predicted octanol–water partition coefficient (Wildman–Crippen LogP) is 2.55. The minimum atomic E-state index is 0.417. The molecule has 1 aromatic carbocycles. The van der Waals surface area contributed by atoms with E-state index in [-0.39, 0.29) is 0 Å². The molecule has 0 amide bonds. The summed E-state index contributed by atoms with van der Waals surface area (Å²) in [5.41, 5.74) is 1.73. The molecule has 1 fully saturated rings. The molecule has 0 spiro atoms. The molecule has 1 aromatic rings. The van der Waals surface area contributed by atoms with Gasteiger partial charge in [0.05, 0.1) is 24.3 Å². The molecule has 0 aromatic heterocycles. The van der Waals surface area contributed by atoms with Gasteiger partial charge in [0.15, 0.2) is 0 Å². The standard InChI is InChI=1S/C12H13BrN2O/c1-15(11-2-3-16-8-11)12-5-9(7-14)4-10(13)6-12/h4-6,11H,2-3,8H2,1H3. The molecule has 4 heteroatoms. The largest absolute Gasteiger partial charge is 0.379 e. The Labute approximate surface area is 104 Å². The van der Waals surface area contributed by atoms with E-state index in [1.165, 1.54) is 0 Å². The number of hydrogen-bond acceptors (Lipinski definition) is 3. The van der Waals surface area contributed by atoms with Gasteiger partial charge in [0.1, 0.15) is 0 Å². The second-order valence-corrected chi connectivity index (χ2v) is 4.85. The first-order valence-corrected chi connectivity index (χ1v) is 6.01. The van der Waals surface area contributed by atoms with E-state index in [1.807, 2.05) is 25.2 Å². The Morgan fingerprint density at radius 3 is 2.94 bits per heavy atom. The van der Waals surface area contributed by atoms with Crippen LogP contribution in [0, 0.1) is 11.3 Å². The third-order valence-corrected chi connectivity index (χ3v) is 3.33. The second-order valence-electron chi connectivity index (χ2n) is 3.94. The Morgan fingerprint density at radius 2 is 2.31 bits per heavy atom. The molecule has 0 aliphatic carbocycles. The number of rotatable bonds is 2. The van der Waals surface area contributed by atoms with E-state index in [9.17, 15) is 0 Å². The van der Waals surface area contributed by atoms with Crippen molar-refractivity contribution in [1.29, 1.82) is 5.26 Å². The number of halogens is 1. The van der Waals surface area contributed by atoms with Gasteiger partial charge in [-0.25, -0.2) is 0 Å². The minimum Gasteiger partial charge on any atom is -0.379 e. The first-order valence-electron chi connectivity index (χ1n) is 5.22. The maximum absolute atomic E-state index is 8.92. The van der Waals surface area contributed by atoms with Gasteiger partial charge in [-0.15, -0.1) is 0 Å². The van der Waals surface area contributed by atoms with Gasteiger partial charge in [0, 0.05) is 23.8 Å². The van der Waals surface area contributed by atoms with Gasteiger partial charge in [-0.3, -0.25) is 0 Å². The number of nitrogens with zero attached hydrogens (tertiary/aromatic N) is 2. The molecule has 1 aliphatic heterocycles. The van der Waals surface area contributed by atoms with E-state index in [1.54, 1.807) is 0 Å². The van der Waals surface area contributed by atoms with Crippen molar-refractivity contribution in [1.82, 2.24) is 0 Å². The fourth-order valence-electron chi connectivity index (χ4n) is 1.88. The molecule has 0 N–H and O–H groups in total. The Hall–Kier alpha value is -1.05. The molecule has 3 nitrogen and oxygen atoms in total. The van der Waals surface area contributed by atoms with Crippen molar-refractivity contribution in [2.75, 3.05) is 25.2 Å². The molecule has 1 atom stereocenters. The van der Waals surface area contributed by atoms with Crippen LogP contribution in [0.2, 0.25) is 0 Å². The molecule has 2 rings (SSSR count). The fourth-order valence-corrected chi connectivity index (χ4v) is 2.36. The van der Waals surface area contributed by atoms with E-state index >= 15 is 0 Å². The average molecular weight is 281 g/mol. The molecule has 1 aliphatic rings. The lowest BCUT2D eigenvalue weighted by atomic mass is 10.1. The Bertz CT molecular complexity index is 422. The number of hydrogen-bond donors (Lipinski definition) is 0. The molecule has 0 bridgehead atoms. The van der Waals surface area contributed by atoms with Gasteiger partial charge < -0.3 is 9.64 Å². The first-order chi connectivity index (χ1) is 7.70. The lowest BCUT2D eigenvalue weighted by Gasteiger charge is -2.25. The predicted molar refractivity (Wildman–Crippen MR) is 66.5 cm³/mol. The maximum atomic E-state index is 8.92. The molecule has 1 unspecified atom stereocenters. The van der Waals surface area contributed by atoms with Crippen molar-refractivity contribution in [3.63, 3.8) is 0 Å². The molecule has 0 radical (unpaired) electrons. The molecule has 1 heterocycles. The number of ether oxygens (including phenoxy) is 1. The third-order valence-electron chi connectivity index (χ3n) is 2.87. The van der Waals surface area contributed by atoms with Gasteiger partial charge in [-0.2, -0.15) is 5.26 Å². The molecule has 1 saturated heterocycles. The van der Waals surface area contributed by atoms with Crippen molar-refractivity contribution < 1.29 is 4.74 Å². The lowest BCUT2D eigenvalue weighted by Crippen LogP contribution is -2.31. The van der Waals surface area contributed by atoms with Gasteiger partial charge >= 0.3 is 0 Å². The highest BCUT2D eigenvalue weighted by Gasteiger charge is 2.20. The third kappa shape index (κ3) is 2.37. The number of nitriles is 1. The van der Waals surface area contributed by atoms with Crippen molar-refractivity contribution in [2.45, 2.75) is 12.5 Å². The number of anilines is 1. The molecular weight excluding hydrogens is 268 g/mol. The van der Waals surface area contributed by atoms with Crippen LogP contribution >= 0.6 is 15.9 Å². The van der Waals surface area contributed by atoms with E-state index < -0.39 is 0 Å². The zero-order valence-electron chi connectivity index (χ0n) is 9.11. The van der Waals surface area contributed by atoms with Crippen molar-refractivity contribution >= 4 is 21.6 Å². The van der Waals surface area contributed by atoms with E-state index in [0.717, 1.165) is 29.8 Å². The van der Waals surface area contributed by atoms with Crippen LogP contribution in [0.3, 0.4) is 0 Å². The Kier molecular flexibility index (Phi) is 3.47. The fraction of sp³-hybridized carbons (Fsp3) is 0.417. The molecular formula is C12H13BrN2O. The summed E-state index contributed by atoms with van der Waals surface area (Å²) < 4.78 is 6.31. The van der Waals surface area contributed by atoms with Gasteiger partial charge in [0.25, 0.3) is 0 Å². The monoisotopic (exact) mass is 280 g/mol. The van der Waals surface area contributed by atoms with Gasteiger partial charge in [-0.05, 0) is 24.6 Å². The summed E-state index contributed by atoms with van der Waals surface area (Å²) >= 11 is 3.42. The smallest absolute Gasteiger partial charge is 0.0992 e. The summed E-state index contributed by atoms with van der Waals surface area (Å²) in [5, 5.41) is 8.92. The van der Waals surface area contributed by atoms with Crippen LogP contribution < -0.4 is 4.90 Å². The van der Waals surface area contributed by atoms with Crippen molar-refractivity contribution in [3.05, 3.63) is 28.2 Å². The minimum absolute atomic E-state index is 0.417. The zero-order chi connectivity index (χ0) is 11.5. The van der Waals surface area contributed by atoms with Crippen LogP contribution in [0.15, 0.2) is 22.7 Å². The van der Waals surface area contributed by atoms with Crippen LogP contribution in [0.4, 0.5) is 5.69 Å². The quantitative estimate of drug-likeness (QED) is 0.835. The summed E-state index contributed by atoms with van der Waals surface area (Å²) in [6, 6.07) is 8.34. The van der Waals surface area contributed by atoms with Crippen LogP contribution in [0.5, 0.6) is 0 Å². The topological polar surface area (TPSA) is 36.3 Å². The Balaban J connectivity index is 2.25. The maximum Gasteiger partial charge on any atom is 0.0992 e. The summed E-state index contributed by atoms with van der Waals surface area (Å²) in [4.78, 5) is 2.18. The number of benzene rings is 1. The average Bonchev–Trinajstić information content (AvgIpc) is 2.80. The van der Waals surface area contributed by atoms with Crippen molar-refractivity contribution in [2.24, 2.45) is 0 Å². The number of likely N-dealkylation sites (N-methyl/N-ethyl adjacent to an activating group) is 1. The van der Waals surface area contributed by atoms with Crippen LogP contribution in [-0.2, 0) is 4.74 Å². The second kappa shape index (κ2) is 4.86. The Morgan fingerprint density at radius 1 is 1.50 bits per heavy atom. The van der Waals surface area contributed by atoms with E-state index in [0.29, 0.717) is 11.6 Å². The normalized spacial score (nSPS) is 19.4. The zero-order valence-corrected chi connectivity index (χ0v) is 10.7. The van der Waals surface area contributed by atoms with E-state index in [2.05, 4.69) is 26.9 Å². The lowest BCUT2D eigenvalue weighted by molar-refractivity contribution is 0.193. The van der Waals surface area contributed by atoms with E-state index in [4.69, 9.17) is 10.00 Å². The highest BCUT2D eigenvalue weighted by Crippen LogP contribution is 2.25. The van der Waals surface area contributed by atoms with Gasteiger partial charge in [-0.1, -0.05) is 15.9 Å². The molecule has 16 heavy (non-hydrogen) atoms. The molecule has 84 valence electrons. The highest BCUT2D eigenvalue weighted by molar-refractivity contribution is 9.10. The summed E-state index contributed by atoms with van der Waals surface area (Å²) in [6.07, 6.45) is 1.05. The van der Waals surface area contributed by atoms with Crippen LogP contribution in [0.25, 0.3) is 0 Å². The highest BCUT2D eigenvalue weighted by atomic mass is 79.9. The summed E-state index contributed by atoms with van der Waals surface area (Å²) in [6.45, 7) is 1.60. The van der Waals surface area contributed by atoms with Crippen LogP contribution in [-0.4, -0.2) is 26.3 Å². The molecule has 0 saturated carbocycles. The van der Waals surface area contributed by atoms with Gasteiger partial charge in [0.2, 0.25) is 0 Å². The summed E-state index contributed by atoms with van der Waals surface area (Å²) in [5.74, 6) is 0. The van der Waals surface area contributed by atoms with Crippen molar-refractivity contribution in [3.8, 4) is 6.07 Å².